The summed E-state index contributed by atoms with van der Waals surface area (Å²) in [5.74, 6) is -0.267. The molecule has 0 radical (unpaired) electrons. The van der Waals surface area contributed by atoms with Gasteiger partial charge in [-0.15, -0.1) is 0 Å². The van der Waals surface area contributed by atoms with Crippen LogP contribution in [0.2, 0.25) is 5.02 Å². The third kappa shape index (κ3) is 2.09. The van der Waals surface area contributed by atoms with Crippen molar-refractivity contribution < 1.29 is 4.39 Å². The van der Waals surface area contributed by atoms with Gasteiger partial charge in [-0.3, -0.25) is 0 Å². The van der Waals surface area contributed by atoms with Crippen LogP contribution in [0, 0.1) is 11.2 Å². The summed E-state index contributed by atoms with van der Waals surface area (Å²) in [6, 6.07) is 4.26. The van der Waals surface area contributed by atoms with Crippen LogP contribution in [-0.2, 0) is 0 Å². The Labute approximate surface area is 101 Å². The van der Waals surface area contributed by atoms with Gasteiger partial charge in [0.1, 0.15) is 5.82 Å². The van der Waals surface area contributed by atoms with Gasteiger partial charge in [-0.1, -0.05) is 31.4 Å². The molecule has 0 spiro atoms. The Hall–Kier alpha value is -0.600. The van der Waals surface area contributed by atoms with Crippen LogP contribution in [0.3, 0.4) is 0 Å². The molecule has 1 aliphatic rings. The lowest BCUT2D eigenvalue weighted by atomic mass is 9.78. The zero-order chi connectivity index (χ0) is 11.8. The van der Waals surface area contributed by atoms with Gasteiger partial charge in [0.15, 0.2) is 0 Å². The average Bonchev–Trinajstić information content (AvgIpc) is 2.69. The molecule has 0 bridgehead atoms. The van der Waals surface area contributed by atoms with E-state index in [0.717, 1.165) is 18.4 Å². The molecule has 0 aromatic heterocycles. The van der Waals surface area contributed by atoms with Crippen LogP contribution in [-0.4, -0.2) is 0 Å². The van der Waals surface area contributed by atoms with Crippen LogP contribution in [0.15, 0.2) is 18.2 Å². The minimum absolute atomic E-state index is 0.0669. The summed E-state index contributed by atoms with van der Waals surface area (Å²) in [7, 11) is 0. The Morgan fingerprint density at radius 1 is 1.38 bits per heavy atom. The van der Waals surface area contributed by atoms with Gasteiger partial charge in [0.25, 0.3) is 0 Å². The molecule has 16 heavy (non-hydrogen) atoms. The lowest BCUT2D eigenvalue weighted by Gasteiger charge is -2.32. The molecule has 1 saturated carbocycles. The molecule has 1 atom stereocenters. The Bertz CT molecular complexity index is 386. The van der Waals surface area contributed by atoms with E-state index < -0.39 is 0 Å². The van der Waals surface area contributed by atoms with Crippen molar-refractivity contribution in [3.63, 3.8) is 0 Å². The molecule has 2 N–H and O–H groups in total. The van der Waals surface area contributed by atoms with E-state index in [2.05, 4.69) is 6.92 Å². The first-order valence-corrected chi connectivity index (χ1v) is 6.11. The summed E-state index contributed by atoms with van der Waals surface area (Å²) in [5.41, 5.74) is 7.06. The molecule has 0 heterocycles. The number of halogens is 2. The van der Waals surface area contributed by atoms with E-state index in [1.165, 1.54) is 25.0 Å². The van der Waals surface area contributed by atoms with Gasteiger partial charge in [-0.05, 0) is 42.0 Å². The van der Waals surface area contributed by atoms with E-state index in [0.29, 0.717) is 5.02 Å². The van der Waals surface area contributed by atoms with Crippen LogP contribution in [0.1, 0.15) is 44.2 Å². The zero-order valence-corrected chi connectivity index (χ0v) is 10.2. The van der Waals surface area contributed by atoms with E-state index in [9.17, 15) is 4.39 Å². The summed E-state index contributed by atoms with van der Waals surface area (Å²) >= 11 is 6.08. The highest BCUT2D eigenvalue weighted by atomic mass is 35.5. The van der Waals surface area contributed by atoms with Crippen molar-refractivity contribution in [1.82, 2.24) is 0 Å². The minimum atomic E-state index is -0.267. The zero-order valence-electron chi connectivity index (χ0n) is 9.47. The lowest BCUT2D eigenvalue weighted by molar-refractivity contribution is 0.265. The Balaban J connectivity index is 2.32. The van der Waals surface area contributed by atoms with Crippen molar-refractivity contribution in [2.45, 2.75) is 38.6 Å². The van der Waals surface area contributed by atoms with Gasteiger partial charge in [0.05, 0.1) is 0 Å². The quantitative estimate of drug-likeness (QED) is 0.830. The number of benzene rings is 1. The highest BCUT2D eigenvalue weighted by Gasteiger charge is 2.36. The maximum Gasteiger partial charge on any atom is 0.123 e. The third-order valence-corrected chi connectivity index (χ3v) is 4.13. The predicted octanol–water partition coefficient (Wildman–Crippen LogP) is 4.06. The average molecular weight is 242 g/mol. The first kappa shape index (κ1) is 11.9. The fourth-order valence-corrected chi connectivity index (χ4v) is 2.86. The van der Waals surface area contributed by atoms with Gasteiger partial charge in [0, 0.05) is 11.1 Å². The second-order valence-corrected chi connectivity index (χ2v) is 5.41. The highest BCUT2D eigenvalue weighted by molar-refractivity contribution is 6.31. The summed E-state index contributed by atoms with van der Waals surface area (Å²) in [5, 5.41) is 0.571. The van der Waals surface area contributed by atoms with Crippen molar-refractivity contribution in [2.75, 3.05) is 0 Å². The monoisotopic (exact) mass is 241 g/mol. The number of nitrogens with two attached hydrogens (primary N) is 1. The van der Waals surface area contributed by atoms with Crippen LogP contribution in [0.5, 0.6) is 0 Å². The standard InChI is InChI=1S/C13H17ClFN/c1-13(6-2-3-7-13)12(16)10-8-9(15)4-5-11(10)14/h4-5,8,12H,2-3,6-7,16H2,1H3. The van der Waals surface area contributed by atoms with Crippen molar-refractivity contribution in [3.8, 4) is 0 Å². The maximum absolute atomic E-state index is 13.2. The smallest absolute Gasteiger partial charge is 0.123 e. The SMILES string of the molecule is CC1(C(N)c2cc(F)ccc2Cl)CCCC1. The number of hydrogen-bond acceptors (Lipinski definition) is 1. The molecule has 2 rings (SSSR count). The van der Waals surface area contributed by atoms with Crippen LogP contribution >= 0.6 is 11.6 Å². The Morgan fingerprint density at radius 2 is 2.00 bits per heavy atom. The van der Waals surface area contributed by atoms with Gasteiger partial charge >= 0.3 is 0 Å². The van der Waals surface area contributed by atoms with E-state index >= 15 is 0 Å². The second-order valence-electron chi connectivity index (χ2n) is 5.00. The molecule has 1 aromatic rings. The molecule has 1 nitrogen and oxygen atoms in total. The van der Waals surface area contributed by atoms with Gasteiger partial charge in [-0.2, -0.15) is 0 Å². The molecule has 0 saturated heterocycles. The van der Waals surface area contributed by atoms with E-state index in [-0.39, 0.29) is 17.3 Å². The number of hydrogen-bond donors (Lipinski definition) is 1. The minimum Gasteiger partial charge on any atom is -0.323 e. The van der Waals surface area contributed by atoms with Crippen LogP contribution in [0.4, 0.5) is 4.39 Å². The summed E-state index contributed by atoms with van der Waals surface area (Å²) in [6.07, 6.45) is 4.61. The molecular weight excluding hydrogens is 225 g/mol. The summed E-state index contributed by atoms with van der Waals surface area (Å²) < 4.78 is 13.2. The Kier molecular flexibility index (Phi) is 3.22. The van der Waals surface area contributed by atoms with E-state index in [1.54, 1.807) is 6.07 Å². The summed E-state index contributed by atoms with van der Waals surface area (Å²) in [4.78, 5) is 0. The molecule has 88 valence electrons. The van der Waals surface area contributed by atoms with Gasteiger partial charge in [0.2, 0.25) is 0 Å². The normalized spacial score (nSPS) is 21.0. The van der Waals surface area contributed by atoms with E-state index in [1.807, 2.05) is 0 Å². The molecule has 1 aromatic carbocycles. The summed E-state index contributed by atoms with van der Waals surface area (Å²) in [6.45, 7) is 2.17. The van der Waals surface area contributed by atoms with Crippen LogP contribution < -0.4 is 5.73 Å². The molecule has 0 amide bonds. The lowest BCUT2D eigenvalue weighted by Crippen LogP contribution is -2.29. The van der Waals surface area contributed by atoms with Gasteiger partial charge in [-0.25, -0.2) is 4.39 Å². The van der Waals surface area contributed by atoms with Crippen LogP contribution in [0.25, 0.3) is 0 Å². The van der Waals surface area contributed by atoms with Crippen molar-refractivity contribution in [3.05, 3.63) is 34.6 Å². The maximum atomic E-state index is 13.2. The molecule has 1 aliphatic carbocycles. The van der Waals surface area contributed by atoms with Crippen molar-refractivity contribution in [1.29, 1.82) is 0 Å². The first-order chi connectivity index (χ1) is 7.53. The fourth-order valence-electron chi connectivity index (χ4n) is 2.62. The van der Waals surface area contributed by atoms with E-state index in [4.69, 9.17) is 17.3 Å². The predicted molar refractivity (Wildman–Crippen MR) is 64.9 cm³/mol. The molecule has 3 heteroatoms. The first-order valence-electron chi connectivity index (χ1n) is 5.73. The molecule has 0 aliphatic heterocycles. The molecule has 1 fully saturated rings. The highest BCUT2D eigenvalue weighted by Crippen LogP contribution is 2.47. The van der Waals surface area contributed by atoms with Gasteiger partial charge < -0.3 is 5.73 Å². The molecular formula is C13H17ClFN. The Morgan fingerprint density at radius 3 is 2.62 bits per heavy atom. The fraction of sp³-hybridized carbons (Fsp3) is 0.538. The largest absolute Gasteiger partial charge is 0.323 e. The van der Waals surface area contributed by atoms with Crippen molar-refractivity contribution >= 4 is 11.6 Å². The number of rotatable bonds is 2. The molecule has 1 unspecified atom stereocenters. The third-order valence-electron chi connectivity index (χ3n) is 3.79. The topological polar surface area (TPSA) is 26.0 Å². The van der Waals surface area contributed by atoms with Crippen molar-refractivity contribution in [2.24, 2.45) is 11.1 Å². The second kappa shape index (κ2) is 4.34.